The highest BCUT2D eigenvalue weighted by Gasteiger charge is 2.43. The molecule has 6 heteroatoms. The number of amides is 1. The van der Waals surface area contributed by atoms with Crippen LogP contribution in [0.5, 0.6) is 0 Å². The van der Waals surface area contributed by atoms with Crippen molar-refractivity contribution in [3.8, 4) is 0 Å². The molecule has 1 aliphatic heterocycles. The molecule has 0 saturated carbocycles. The lowest BCUT2D eigenvalue weighted by molar-refractivity contribution is -0.134. The zero-order valence-electron chi connectivity index (χ0n) is 11.2. The van der Waals surface area contributed by atoms with Gasteiger partial charge in [-0.3, -0.25) is 10.1 Å². The monoisotopic (exact) mass is 286 g/mol. The van der Waals surface area contributed by atoms with E-state index in [0.717, 1.165) is 0 Å². The highest BCUT2D eigenvalue weighted by atomic mass is 19.3. The molecule has 2 rings (SSSR count). The summed E-state index contributed by atoms with van der Waals surface area (Å²) in [4.78, 5) is 13.6. The Labute approximate surface area is 115 Å². The lowest BCUT2D eigenvalue weighted by atomic mass is 10.1. The van der Waals surface area contributed by atoms with Crippen LogP contribution in [0.3, 0.4) is 0 Å². The van der Waals surface area contributed by atoms with Gasteiger partial charge in [0.15, 0.2) is 0 Å². The number of hydrogen-bond donors (Lipinski definition) is 1. The number of halogens is 3. The average molecular weight is 286 g/mol. The number of carbonyl (C=O) groups is 1. The summed E-state index contributed by atoms with van der Waals surface area (Å²) in [5, 5.41) is 2.54. The third-order valence-electron chi connectivity index (χ3n) is 3.36. The molecular formula is C14H17F3N2O. The first kappa shape index (κ1) is 14.8. The van der Waals surface area contributed by atoms with Gasteiger partial charge in [0.25, 0.3) is 5.92 Å². The second-order valence-electron chi connectivity index (χ2n) is 4.98. The fraction of sp³-hybridized carbons (Fsp3) is 0.500. The van der Waals surface area contributed by atoms with Crippen molar-refractivity contribution in [1.82, 2.24) is 10.2 Å². The molecule has 0 radical (unpaired) electrons. The van der Waals surface area contributed by atoms with Crippen molar-refractivity contribution in [3.63, 3.8) is 0 Å². The van der Waals surface area contributed by atoms with Crippen molar-refractivity contribution in [2.24, 2.45) is 0 Å². The lowest BCUT2D eigenvalue weighted by Gasteiger charge is -2.24. The van der Waals surface area contributed by atoms with E-state index >= 15 is 0 Å². The van der Waals surface area contributed by atoms with E-state index in [0.29, 0.717) is 12.1 Å². The zero-order valence-corrected chi connectivity index (χ0v) is 11.2. The van der Waals surface area contributed by atoms with Gasteiger partial charge < -0.3 is 4.90 Å². The summed E-state index contributed by atoms with van der Waals surface area (Å²) in [5.74, 6) is -3.58. The first-order valence-corrected chi connectivity index (χ1v) is 6.56. The molecule has 0 bridgehead atoms. The molecule has 3 nitrogen and oxygen atoms in total. The highest BCUT2D eigenvalue weighted by molar-refractivity contribution is 5.82. The molecule has 0 spiro atoms. The number of alkyl halides is 2. The number of rotatable bonds is 4. The van der Waals surface area contributed by atoms with Gasteiger partial charge in [-0.15, -0.1) is 0 Å². The topological polar surface area (TPSA) is 32.3 Å². The zero-order chi connectivity index (χ0) is 14.8. The van der Waals surface area contributed by atoms with Crippen LogP contribution < -0.4 is 5.32 Å². The minimum atomic E-state index is -2.83. The maximum absolute atomic E-state index is 13.1. The van der Waals surface area contributed by atoms with Crippen molar-refractivity contribution < 1.29 is 18.0 Å². The Hall–Kier alpha value is -1.56. The van der Waals surface area contributed by atoms with Crippen molar-refractivity contribution in [2.45, 2.75) is 31.9 Å². The quantitative estimate of drug-likeness (QED) is 0.920. The average Bonchev–Trinajstić information content (AvgIpc) is 2.75. The third kappa shape index (κ3) is 3.50. The predicted molar refractivity (Wildman–Crippen MR) is 68.8 cm³/mol. The minimum absolute atomic E-state index is 0.219. The van der Waals surface area contributed by atoms with Crippen LogP contribution in [-0.2, 0) is 11.3 Å². The normalized spacial score (nSPS) is 20.9. The first-order chi connectivity index (χ1) is 9.41. The van der Waals surface area contributed by atoms with Gasteiger partial charge in [-0.25, -0.2) is 13.2 Å². The van der Waals surface area contributed by atoms with Gasteiger partial charge in [-0.1, -0.05) is 12.1 Å². The number of carbonyl (C=O) groups excluding carboxylic acids is 1. The number of hydrogen-bond acceptors (Lipinski definition) is 2. The second-order valence-corrected chi connectivity index (χ2v) is 4.98. The summed E-state index contributed by atoms with van der Waals surface area (Å²) in [5.41, 5.74) is 0.643. The van der Waals surface area contributed by atoms with Crippen molar-refractivity contribution in [3.05, 3.63) is 35.6 Å². The summed E-state index contributed by atoms with van der Waals surface area (Å²) in [6, 6.07) is 5.06. The maximum Gasteiger partial charge on any atom is 0.262 e. The first-order valence-electron chi connectivity index (χ1n) is 6.56. The molecule has 1 atom stereocenters. The Balaban J connectivity index is 2.03. The van der Waals surface area contributed by atoms with Crippen molar-refractivity contribution >= 4 is 5.91 Å². The Bertz CT molecular complexity index is 493. The van der Waals surface area contributed by atoms with Gasteiger partial charge in [0.05, 0.1) is 12.6 Å². The second kappa shape index (κ2) is 5.83. The summed E-state index contributed by atoms with van der Waals surface area (Å²) in [6.45, 7) is 1.90. The smallest absolute Gasteiger partial charge is 0.262 e. The summed E-state index contributed by atoms with van der Waals surface area (Å²) < 4.78 is 39.3. The van der Waals surface area contributed by atoms with Gasteiger partial charge in [-0.05, 0) is 24.6 Å². The molecule has 0 aromatic heterocycles. The van der Waals surface area contributed by atoms with E-state index in [4.69, 9.17) is 0 Å². The third-order valence-corrected chi connectivity index (χ3v) is 3.36. The lowest BCUT2D eigenvalue weighted by Crippen LogP contribution is -2.43. The van der Waals surface area contributed by atoms with E-state index in [2.05, 4.69) is 5.32 Å². The van der Waals surface area contributed by atoms with E-state index in [-0.39, 0.29) is 18.3 Å². The molecule has 1 N–H and O–H groups in total. The van der Waals surface area contributed by atoms with Crippen LogP contribution in [0.4, 0.5) is 13.2 Å². The number of likely N-dealkylation sites (N-methyl/N-ethyl adjacent to an activating group) is 1. The van der Waals surface area contributed by atoms with Crippen LogP contribution in [0, 0.1) is 5.82 Å². The van der Waals surface area contributed by atoms with Gasteiger partial charge in [-0.2, -0.15) is 0 Å². The Morgan fingerprint density at radius 2 is 2.25 bits per heavy atom. The minimum Gasteiger partial charge on any atom is -0.337 e. The molecule has 1 fully saturated rings. The number of nitrogens with one attached hydrogen (secondary N) is 1. The molecular weight excluding hydrogens is 269 g/mol. The largest absolute Gasteiger partial charge is 0.337 e. The molecule has 1 saturated heterocycles. The van der Waals surface area contributed by atoms with E-state index in [1.807, 2.05) is 0 Å². The van der Waals surface area contributed by atoms with Gasteiger partial charge >= 0.3 is 0 Å². The molecule has 1 heterocycles. The molecule has 1 aromatic rings. The van der Waals surface area contributed by atoms with Crippen LogP contribution in [0.15, 0.2) is 24.3 Å². The van der Waals surface area contributed by atoms with Crippen LogP contribution in [0.25, 0.3) is 0 Å². The van der Waals surface area contributed by atoms with Gasteiger partial charge in [0.2, 0.25) is 5.91 Å². The molecule has 110 valence electrons. The number of benzene rings is 1. The Morgan fingerprint density at radius 3 is 2.80 bits per heavy atom. The summed E-state index contributed by atoms with van der Waals surface area (Å²) >= 11 is 0. The fourth-order valence-electron chi connectivity index (χ4n) is 2.31. The molecule has 1 aliphatic rings. The van der Waals surface area contributed by atoms with E-state index in [9.17, 15) is 18.0 Å². The van der Waals surface area contributed by atoms with E-state index < -0.39 is 24.9 Å². The highest BCUT2D eigenvalue weighted by Crippen LogP contribution is 2.26. The molecule has 1 amide bonds. The molecule has 0 aliphatic carbocycles. The predicted octanol–water partition coefficient (Wildman–Crippen LogP) is 2.17. The van der Waals surface area contributed by atoms with Crippen molar-refractivity contribution in [1.29, 1.82) is 0 Å². The fourth-order valence-corrected chi connectivity index (χ4v) is 2.31. The van der Waals surface area contributed by atoms with E-state index in [1.165, 1.54) is 17.0 Å². The van der Waals surface area contributed by atoms with Gasteiger partial charge in [0.1, 0.15) is 5.82 Å². The van der Waals surface area contributed by atoms with Gasteiger partial charge in [0, 0.05) is 19.5 Å². The van der Waals surface area contributed by atoms with Crippen molar-refractivity contribution in [2.75, 3.05) is 13.1 Å². The van der Waals surface area contributed by atoms with Crippen LogP contribution >= 0.6 is 0 Å². The molecule has 1 unspecified atom stereocenters. The Morgan fingerprint density at radius 1 is 1.50 bits per heavy atom. The molecule has 20 heavy (non-hydrogen) atoms. The summed E-state index contributed by atoms with van der Waals surface area (Å²) in [7, 11) is 0. The standard InChI is InChI=1S/C14H17F3N2O/c1-2-19(8-10-4-3-5-11(15)6-10)13(20)12-7-14(16,17)9-18-12/h3-6,12,18H,2,7-9H2,1H3. The van der Waals surface area contributed by atoms with Crippen LogP contribution in [0.1, 0.15) is 18.9 Å². The van der Waals surface area contributed by atoms with Crippen LogP contribution in [0.2, 0.25) is 0 Å². The van der Waals surface area contributed by atoms with E-state index in [1.54, 1.807) is 19.1 Å². The Kier molecular flexibility index (Phi) is 4.32. The number of nitrogens with zero attached hydrogens (tertiary/aromatic N) is 1. The molecule has 1 aromatic carbocycles. The SMILES string of the molecule is CCN(Cc1cccc(F)c1)C(=O)C1CC(F)(F)CN1. The summed E-state index contributed by atoms with van der Waals surface area (Å²) in [6.07, 6.45) is -0.481. The van der Waals surface area contributed by atoms with Crippen LogP contribution in [-0.4, -0.2) is 35.9 Å². The maximum atomic E-state index is 13.1.